The van der Waals surface area contributed by atoms with Crippen molar-refractivity contribution in [1.29, 1.82) is 0 Å². The van der Waals surface area contributed by atoms with Crippen LogP contribution in [0.25, 0.3) is 0 Å². The van der Waals surface area contributed by atoms with Gasteiger partial charge in [-0.15, -0.1) is 0 Å². The number of anilines is 3. The Kier molecular flexibility index (Phi) is 4.92. The zero-order valence-corrected chi connectivity index (χ0v) is 15.0. The average Bonchev–Trinajstić information content (AvgIpc) is 2.59. The third-order valence-corrected chi connectivity index (χ3v) is 5.32. The smallest absolute Gasteiger partial charge is 0.264 e. The molecule has 25 heavy (non-hydrogen) atoms. The van der Waals surface area contributed by atoms with E-state index in [0.717, 1.165) is 11.4 Å². The van der Waals surface area contributed by atoms with Crippen LogP contribution in [0.15, 0.2) is 71.8 Å². The summed E-state index contributed by atoms with van der Waals surface area (Å²) in [7, 11) is -3.79. The molecule has 0 aliphatic heterocycles. The van der Waals surface area contributed by atoms with Crippen LogP contribution in [0.4, 0.5) is 17.2 Å². The quantitative estimate of drug-likeness (QED) is 0.686. The normalized spacial score (nSPS) is 11.1. The summed E-state index contributed by atoms with van der Waals surface area (Å²) in [5.41, 5.74) is 2.86. The van der Waals surface area contributed by atoms with Crippen molar-refractivity contribution >= 4 is 38.8 Å². The Morgan fingerprint density at radius 2 is 1.60 bits per heavy atom. The first kappa shape index (κ1) is 17.3. The largest absolute Gasteiger partial charge is 0.354 e. The molecule has 0 saturated heterocycles. The van der Waals surface area contributed by atoms with Gasteiger partial charge in [0, 0.05) is 5.69 Å². The van der Waals surface area contributed by atoms with Crippen LogP contribution >= 0.6 is 11.6 Å². The molecular weight excluding hydrogens is 358 g/mol. The molecule has 0 unspecified atom stereocenters. The highest BCUT2D eigenvalue weighted by molar-refractivity contribution is 7.92. The molecule has 128 valence electrons. The van der Waals surface area contributed by atoms with Crippen molar-refractivity contribution in [2.24, 2.45) is 0 Å². The fourth-order valence-electron chi connectivity index (χ4n) is 2.19. The number of halogens is 1. The molecule has 0 aliphatic rings. The highest BCUT2D eigenvalue weighted by Crippen LogP contribution is 2.23. The fourth-order valence-corrected chi connectivity index (χ4v) is 3.72. The number of benzene rings is 2. The number of aromatic nitrogens is 1. The predicted molar refractivity (Wildman–Crippen MR) is 101 cm³/mol. The van der Waals surface area contributed by atoms with Gasteiger partial charge in [0.15, 0.2) is 0 Å². The van der Waals surface area contributed by atoms with Crippen LogP contribution in [0.2, 0.25) is 5.02 Å². The molecule has 0 amide bonds. The van der Waals surface area contributed by atoms with Crippen molar-refractivity contribution in [3.8, 4) is 0 Å². The average molecular weight is 374 g/mol. The van der Waals surface area contributed by atoms with E-state index in [2.05, 4.69) is 15.0 Å². The van der Waals surface area contributed by atoms with E-state index in [4.69, 9.17) is 11.6 Å². The number of aryl methyl sites for hydroxylation is 1. The first-order chi connectivity index (χ1) is 11.9. The Bertz CT molecular complexity index is 972. The van der Waals surface area contributed by atoms with Crippen molar-refractivity contribution in [1.82, 2.24) is 4.98 Å². The summed E-state index contributed by atoms with van der Waals surface area (Å²) in [5, 5.41) is 3.36. The van der Waals surface area contributed by atoms with Crippen LogP contribution < -0.4 is 10.0 Å². The van der Waals surface area contributed by atoms with Gasteiger partial charge in [-0.3, -0.25) is 4.72 Å². The predicted octanol–water partition coefficient (Wildman–Crippen LogP) is 4.59. The lowest BCUT2D eigenvalue weighted by Gasteiger charge is -2.10. The van der Waals surface area contributed by atoms with Gasteiger partial charge in [-0.25, -0.2) is 13.4 Å². The molecule has 2 aromatic carbocycles. The lowest BCUT2D eigenvalue weighted by atomic mass is 10.2. The molecule has 0 fully saturated rings. The van der Waals surface area contributed by atoms with Crippen LogP contribution in [0, 0.1) is 6.92 Å². The fraction of sp³-hybridized carbons (Fsp3) is 0.0556. The van der Waals surface area contributed by atoms with Crippen molar-refractivity contribution < 1.29 is 8.42 Å². The minimum absolute atomic E-state index is 0.0142. The minimum Gasteiger partial charge on any atom is -0.354 e. The van der Waals surface area contributed by atoms with Gasteiger partial charge in [-0.1, -0.05) is 41.4 Å². The number of sulfonamides is 1. The van der Waals surface area contributed by atoms with E-state index in [-0.39, 0.29) is 15.7 Å². The molecule has 1 aromatic heterocycles. The van der Waals surface area contributed by atoms with Crippen LogP contribution in [0.5, 0.6) is 0 Å². The Balaban J connectivity index is 1.74. The van der Waals surface area contributed by atoms with Gasteiger partial charge in [0.05, 0.1) is 16.9 Å². The molecule has 0 spiro atoms. The highest BCUT2D eigenvalue weighted by Gasteiger charge is 2.17. The third-order valence-electron chi connectivity index (χ3n) is 3.47. The number of nitrogens with zero attached hydrogens (tertiary/aromatic N) is 1. The Hall–Kier alpha value is -2.57. The molecule has 0 bridgehead atoms. The Morgan fingerprint density at radius 3 is 2.24 bits per heavy atom. The van der Waals surface area contributed by atoms with Crippen LogP contribution in [0.3, 0.4) is 0 Å². The second-order valence-corrected chi connectivity index (χ2v) is 7.52. The van der Waals surface area contributed by atoms with Gasteiger partial charge in [0.2, 0.25) is 0 Å². The lowest BCUT2D eigenvalue weighted by molar-refractivity contribution is 0.601. The summed E-state index contributed by atoms with van der Waals surface area (Å²) in [6.45, 7) is 2.02. The van der Waals surface area contributed by atoms with E-state index in [0.29, 0.717) is 0 Å². The van der Waals surface area contributed by atoms with Crippen molar-refractivity contribution in [3.63, 3.8) is 0 Å². The van der Waals surface area contributed by atoms with Crippen molar-refractivity contribution in [2.45, 2.75) is 11.8 Å². The minimum atomic E-state index is -3.79. The zero-order valence-electron chi connectivity index (χ0n) is 13.4. The van der Waals surface area contributed by atoms with E-state index in [9.17, 15) is 8.42 Å². The number of pyridine rings is 1. The van der Waals surface area contributed by atoms with Gasteiger partial charge in [-0.2, -0.15) is 0 Å². The summed E-state index contributed by atoms with van der Waals surface area (Å²) in [6, 6.07) is 17.5. The monoisotopic (exact) mass is 373 g/mol. The van der Waals surface area contributed by atoms with Gasteiger partial charge >= 0.3 is 0 Å². The van der Waals surface area contributed by atoms with Gasteiger partial charge in [-0.05, 0) is 43.3 Å². The summed E-state index contributed by atoms with van der Waals surface area (Å²) in [5.74, 6) is 0.217. The van der Waals surface area contributed by atoms with Crippen LogP contribution in [-0.2, 0) is 10.0 Å². The summed E-state index contributed by atoms with van der Waals surface area (Å²) < 4.78 is 27.2. The van der Waals surface area contributed by atoms with E-state index in [1.807, 2.05) is 31.2 Å². The summed E-state index contributed by atoms with van der Waals surface area (Å²) >= 11 is 5.95. The molecule has 0 atom stereocenters. The van der Waals surface area contributed by atoms with E-state index in [1.165, 1.54) is 17.7 Å². The lowest BCUT2D eigenvalue weighted by Crippen LogP contribution is -2.14. The number of hydrogen-bond acceptors (Lipinski definition) is 4. The molecule has 3 rings (SSSR count). The van der Waals surface area contributed by atoms with Crippen LogP contribution in [-0.4, -0.2) is 13.4 Å². The number of rotatable bonds is 5. The Morgan fingerprint density at radius 1 is 0.920 bits per heavy atom. The van der Waals surface area contributed by atoms with Gasteiger partial charge < -0.3 is 5.32 Å². The van der Waals surface area contributed by atoms with E-state index in [1.54, 1.807) is 30.5 Å². The molecule has 1 heterocycles. The second kappa shape index (κ2) is 7.13. The van der Waals surface area contributed by atoms with Crippen LogP contribution in [0.1, 0.15) is 5.56 Å². The van der Waals surface area contributed by atoms with Crippen molar-refractivity contribution in [3.05, 3.63) is 77.4 Å². The van der Waals surface area contributed by atoms with Crippen molar-refractivity contribution in [2.75, 3.05) is 10.0 Å². The molecule has 3 aromatic rings. The number of hydrogen-bond donors (Lipinski definition) is 2. The third kappa shape index (κ3) is 4.29. The zero-order chi connectivity index (χ0) is 17.9. The standard InChI is InChI=1S/C18H16ClN3O2S/c1-13-6-8-14(9-7-13)21-15-10-11-18(20-12-15)22-25(23,24)17-5-3-2-4-16(17)19/h2-12,21H,1H3,(H,20,22). The topological polar surface area (TPSA) is 71.1 Å². The summed E-state index contributed by atoms with van der Waals surface area (Å²) in [4.78, 5) is 4.15. The highest BCUT2D eigenvalue weighted by atomic mass is 35.5. The first-order valence-corrected chi connectivity index (χ1v) is 9.37. The molecule has 0 saturated carbocycles. The summed E-state index contributed by atoms with van der Waals surface area (Å²) in [6.07, 6.45) is 1.56. The molecule has 0 radical (unpaired) electrons. The molecule has 7 heteroatoms. The first-order valence-electron chi connectivity index (χ1n) is 7.51. The molecule has 5 nitrogen and oxygen atoms in total. The maximum absolute atomic E-state index is 12.4. The second-order valence-electron chi connectivity index (χ2n) is 5.46. The molecular formula is C18H16ClN3O2S. The Labute approximate surface area is 151 Å². The van der Waals surface area contributed by atoms with Gasteiger partial charge in [0.25, 0.3) is 10.0 Å². The maximum Gasteiger partial charge on any atom is 0.264 e. The SMILES string of the molecule is Cc1ccc(Nc2ccc(NS(=O)(=O)c3ccccc3Cl)nc2)cc1. The maximum atomic E-state index is 12.4. The van der Waals surface area contributed by atoms with E-state index >= 15 is 0 Å². The van der Waals surface area contributed by atoms with E-state index < -0.39 is 10.0 Å². The molecule has 2 N–H and O–H groups in total. The van der Waals surface area contributed by atoms with Gasteiger partial charge in [0.1, 0.15) is 10.7 Å². The number of nitrogens with one attached hydrogen (secondary N) is 2. The molecule has 0 aliphatic carbocycles.